The number of aromatic nitrogens is 4. The summed E-state index contributed by atoms with van der Waals surface area (Å²) in [5, 5.41) is 17.4. The van der Waals surface area contributed by atoms with Crippen LogP contribution in [-0.2, 0) is 0 Å². The Labute approximate surface area is 75.2 Å². The normalized spacial score (nSPS) is 9.92. The maximum Gasteiger partial charge on any atom is 0.152 e. The lowest BCUT2D eigenvalue weighted by Gasteiger charge is -1.98. The molecule has 2 rings (SSSR count). The van der Waals surface area contributed by atoms with Crippen molar-refractivity contribution in [1.29, 1.82) is 0 Å². The maximum absolute atomic E-state index is 4.03. The van der Waals surface area contributed by atoms with Crippen LogP contribution in [-0.4, -0.2) is 20.4 Å². The highest BCUT2D eigenvalue weighted by Crippen LogP contribution is 2.11. The number of aromatic amines is 1. The van der Waals surface area contributed by atoms with Crippen LogP contribution in [0.5, 0.6) is 0 Å². The Bertz CT molecular complexity index is 380. The van der Waals surface area contributed by atoms with Gasteiger partial charge < -0.3 is 5.32 Å². The number of hydrogen-bond acceptors (Lipinski definition) is 4. The van der Waals surface area contributed by atoms with Gasteiger partial charge in [-0.05, 0) is 13.0 Å². The monoisotopic (exact) mass is 175 g/mol. The van der Waals surface area contributed by atoms with Gasteiger partial charge in [-0.25, -0.2) is 0 Å². The standard InChI is InChI=1S/C8H9N5/c1-6-4-8(13-12-6)11-7-2-3-9-10-5-7/h2-5H,1H3,(H2,9,11,12,13). The van der Waals surface area contributed by atoms with Crippen LogP contribution in [0.3, 0.4) is 0 Å². The van der Waals surface area contributed by atoms with E-state index in [2.05, 4.69) is 25.7 Å². The Balaban J connectivity index is 2.15. The smallest absolute Gasteiger partial charge is 0.152 e. The van der Waals surface area contributed by atoms with Crippen molar-refractivity contribution >= 4 is 11.5 Å². The van der Waals surface area contributed by atoms with Gasteiger partial charge >= 0.3 is 0 Å². The molecule has 2 aromatic heterocycles. The van der Waals surface area contributed by atoms with E-state index in [4.69, 9.17) is 0 Å². The molecule has 2 aromatic rings. The van der Waals surface area contributed by atoms with Gasteiger partial charge in [-0.3, -0.25) is 5.10 Å². The molecule has 0 aliphatic heterocycles. The van der Waals surface area contributed by atoms with Crippen LogP contribution in [0.2, 0.25) is 0 Å². The van der Waals surface area contributed by atoms with Crippen LogP contribution in [0.15, 0.2) is 24.5 Å². The molecule has 0 aliphatic carbocycles. The van der Waals surface area contributed by atoms with Gasteiger partial charge in [0.1, 0.15) is 0 Å². The molecule has 0 fully saturated rings. The average molecular weight is 175 g/mol. The summed E-state index contributed by atoms with van der Waals surface area (Å²) >= 11 is 0. The molecule has 0 saturated carbocycles. The fourth-order valence-electron chi connectivity index (χ4n) is 0.995. The van der Waals surface area contributed by atoms with Gasteiger partial charge in [0.2, 0.25) is 0 Å². The van der Waals surface area contributed by atoms with Crippen LogP contribution < -0.4 is 5.32 Å². The largest absolute Gasteiger partial charge is 0.337 e. The first-order valence-corrected chi connectivity index (χ1v) is 3.90. The topological polar surface area (TPSA) is 66.5 Å². The Morgan fingerprint density at radius 2 is 2.31 bits per heavy atom. The molecule has 0 bridgehead atoms. The third-order valence-electron chi connectivity index (χ3n) is 1.56. The molecule has 0 amide bonds. The minimum atomic E-state index is 0.783. The van der Waals surface area contributed by atoms with E-state index in [9.17, 15) is 0 Å². The van der Waals surface area contributed by atoms with E-state index in [1.54, 1.807) is 12.4 Å². The van der Waals surface area contributed by atoms with E-state index in [1.165, 1.54) is 0 Å². The zero-order chi connectivity index (χ0) is 9.10. The number of hydrogen-bond donors (Lipinski definition) is 2. The molecule has 0 radical (unpaired) electrons. The van der Waals surface area contributed by atoms with Crippen molar-refractivity contribution in [3.8, 4) is 0 Å². The summed E-state index contributed by atoms with van der Waals surface area (Å²) in [7, 11) is 0. The van der Waals surface area contributed by atoms with Crippen LogP contribution in [0, 0.1) is 6.92 Å². The molecular weight excluding hydrogens is 166 g/mol. The van der Waals surface area contributed by atoms with E-state index in [1.807, 2.05) is 19.1 Å². The second-order valence-electron chi connectivity index (χ2n) is 2.69. The van der Waals surface area contributed by atoms with Crippen LogP contribution >= 0.6 is 0 Å². The second kappa shape index (κ2) is 3.22. The van der Waals surface area contributed by atoms with Crippen LogP contribution in [0.4, 0.5) is 11.5 Å². The van der Waals surface area contributed by atoms with Crippen LogP contribution in [0.1, 0.15) is 5.69 Å². The number of aryl methyl sites for hydroxylation is 1. The summed E-state index contributed by atoms with van der Waals surface area (Å²) in [4.78, 5) is 0. The van der Waals surface area contributed by atoms with Crippen molar-refractivity contribution < 1.29 is 0 Å². The van der Waals surface area contributed by atoms with Gasteiger partial charge in [0.25, 0.3) is 0 Å². The molecule has 13 heavy (non-hydrogen) atoms. The maximum atomic E-state index is 4.03. The molecule has 0 atom stereocenters. The van der Waals surface area contributed by atoms with E-state index < -0.39 is 0 Å². The van der Waals surface area contributed by atoms with Crippen molar-refractivity contribution in [2.45, 2.75) is 6.92 Å². The SMILES string of the molecule is Cc1cc(Nc2ccnnc2)n[nH]1. The number of H-pyrrole nitrogens is 1. The second-order valence-corrected chi connectivity index (χ2v) is 2.69. The third-order valence-corrected chi connectivity index (χ3v) is 1.56. The van der Waals surface area contributed by atoms with Gasteiger partial charge in [-0.1, -0.05) is 0 Å². The molecule has 5 nitrogen and oxygen atoms in total. The first kappa shape index (κ1) is 7.72. The summed E-state index contributed by atoms with van der Waals surface area (Å²) in [5.74, 6) is 0.783. The zero-order valence-corrected chi connectivity index (χ0v) is 7.15. The zero-order valence-electron chi connectivity index (χ0n) is 7.15. The van der Waals surface area contributed by atoms with Gasteiger partial charge in [-0.15, -0.1) is 0 Å². The highest BCUT2D eigenvalue weighted by atomic mass is 15.2. The Morgan fingerprint density at radius 3 is 2.92 bits per heavy atom. The highest BCUT2D eigenvalue weighted by molar-refractivity contribution is 5.53. The summed E-state index contributed by atoms with van der Waals surface area (Å²) < 4.78 is 0. The van der Waals surface area contributed by atoms with Gasteiger partial charge in [0, 0.05) is 11.8 Å². The van der Waals surface area contributed by atoms with Crippen molar-refractivity contribution in [3.63, 3.8) is 0 Å². The van der Waals surface area contributed by atoms with Gasteiger partial charge in [0.15, 0.2) is 5.82 Å². The quantitative estimate of drug-likeness (QED) is 0.720. The van der Waals surface area contributed by atoms with Crippen molar-refractivity contribution in [1.82, 2.24) is 20.4 Å². The summed E-state index contributed by atoms with van der Waals surface area (Å²) in [5.41, 5.74) is 1.89. The van der Waals surface area contributed by atoms with E-state index in [0.29, 0.717) is 0 Å². The fourth-order valence-corrected chi connectivity index (χ4v) is 0.995. The van der Waals surface area contributed by atoms with Crippen molar-refractivity contribution in [3.05, 3.63) is 30.2 Å². The number of rotatable bonds is 2. The molecule has 0 aliphatic rings. The number of nitrogens with zero attached hydrogens (tertiary/aromatic N) is 3. The average Bonchev–Trinajstić information content (AvgIpc) is 2.53. The minimum absolute atomic E-state index is 0.783. The predicted octanol–water partition coefficient (Wildman–Crippen LogP) is 1.25. The molecule has 0 saturated heterocycles. The third kappa shape index (κ3) is 1.81. The lowest BCUT2D eigenvalue weighted by Crippen LogP contribution is -1.91. The van der Waals surface area contributed by atoms with Gasteiger partial charge in [0.05, 0.1) is 18.1 Å². The summed E-state index contributed by atoms with van der Waals surface area (Å²) in [6, 6.07) is 3.75. The minimum Gasteiger partial charge on any atom is -0.337 e. The molecule has 0 aromatic carbocycles. The number of anilines is 2. The molecule has 5 heteroatoms. The number of nitrogens with one attached hydrogen (secondary N) is 2. The molecular formula is C8H9N5. The summed E-state index contributed by atoms with van der Waals surface area (Å²) in [6.45, 7) is 1.95. The molecule has 0 unspecified atom stereocenters. The van der Waals surface area contributed by atoms with E-state index in [-0.39, 0.29) is 0 Å². The van der Waals surface area contributed by atoms with Crippen molar-refractivity contribution in [2.75, 3.05) is 5.32 Å². The lowest BCUT2D eigenvalue weighted by molar-refractivity contribution is 1.03. The molecule has 0 spiro atoms. The predicted molar refractivity (Wildman–Crippen MR) is 48.6 cm³/mol. The van der Waals surface area contributed by atoms with Crippen molar-refractivity contribution in [2.24, 2.45) is 0 Å². The Hall–Kier alpha value is -1.91. The molecule has 66 valence electrons. The van der Waals surface area contributed by atoms with E-state index in [0.717, 1.165) is 17.2 Å². The van der Waals surface area contributed by atoms with E-state index >= 15 is 0 Å². The van der Waals surface area contributed by atoms with Crippen LogP contribution in [0.25, 0.3) is 0 Å². The summed E-state index contributed by atoms with van der Waals surface area (Å²) in [6.07, 6.45) is 3.27. The molecule has 2 heterocycles. The highest BCUT2D eigenvalue weighted by Gasteiger charge is 1.97. The Kier molecular flexibility index (Phi) is 1.91. The molecule has 2 N–H and O–H groups in total. The fraction of sp³-hybridized carbons (Fsp3) is 0.125. The lowest BCUT2D eigenvalue weighted by atomic mass is 10.4. The first-order valence-electron chi connectivity index (χ1n) is 3.90. The van der Waals surface area contributed by atoms with Gasteiger partial charge in [-0.2, -0.15) is 15.3 Å². The Morgan fingerprint density at radius 1 is 1.38 bits per heavy atom. The first-order chi connectivity index (χ1) is 6.34.